The third kappa shape index (κ3) is 3.46. The maximum atomic E-state index is 12.7. The zero-order valence-electron chi connectivity index (χ0n) is 11.2. The average Bonchev–Trinajstić information content (AvgIpc) is 3.23. The van der Waals surface area contributed by atoms with Crippen LogP contribution in [-0.4, -0.2) is 36.5 Å². The minimum absolute atomic E-state index is 0.211. The van der Waals surface area contributed by atoms with E-state index in [-0.39, 0.29) is 5.91 Å². The Labute approximate surface area is 140 Å². The van der Waals surface area contributed by atoms with Crippen LogP contribution in [-0.2, 0) is 0 Å². The molecule has 1 aliphatic carbocycles. The van der Waals surface area contributed by atoms with E-state index in [0.717, 1.165) is 32.8 Å². The lowest BCUT2D eigenvalue weighted by atomic mass is 9.97. The van der Waals surface area contributed by atoms with Gasteiger partial charge in [0.15, 0.2) is 0 Å². The molecule has 0 bridgehead atoms. The molecule has 2 heterocycles. The summed E-state index contributed by atoms with van der Waals surface area (Å²) in [7, 11) is 0. The summed E-state index contributed by atoms with van der Waals surface area (Å²) in [6, 6.07) is 2.42. The molecule has 0 unspecified atom stereocenters. The first-order valence-corrected chi connectivity index (χ1v) is 9.52. The highest BCUT2D eigenvalue weighted by Crippen LogP contribution is 2.36. The summed E-state index contributed by atoms with van der Waals surface area (Å²) in [5.41, 5.74) is 0. The van der Waals surface area contributed by atoms with Crippen molar-refractivity contribution < 1.29 is 4.79 Å². The molecule has 0 radical (unpaired) electrons. The predicted octanol–water partition coefficient (Wildman–Crippen LogP) is 3.88. The molecule has 1 saturated heterocycles. The molecule has 6 heteroatoms. The SMILES string of the molecule is O=C(c1cc(Br)c(Br)s1)N(CC1CCNCC1)C1CC1. The van der Waals surface area contributed by atoms with E-state index in [9.17, 15) is 4.79 Å². The number of hydrogen-bond donors (Lipinski definition) is 1. The number of carbonyl (C=O) groups excluding carboxylic acids is 1. The van der Waals surface area contributed by atoms with Gasteiger partial charge in [-0.25, -0.2) is 0 Å². The second-order valence-electron chi connectivity index (χ2n) is 5.61. The summed E-state index contributed by atoms with van der Waals surface area (Å²) >= 11 is 8.47. The lowest BCUT2D eigenvalue weighted by molar-refractivity contribution is 0.0706. The molecule has 0 atom stereocenters. The molecule has 1 aromatic heterocycles. The van der Waals surface area contributed by atoms with Gasteiger partial charge in [-0.15, -0.1) is 11.3 Å². The molecular weight excluding hydrogens is 404 g/mol. The Bertz CT molecular complexity index is 476. The number of nitrogens with zero attached hydrogens (tertiary/aromatic N) is 1. The number of hydrogen-bond acceptors (Lipinski definition) is 3. The first-order valence-electron chi connectivity index (χ1n) is 7.11. The average molecular weight is 422 g/mol. The molecule has 20 heavy (non-hydrogen) atoms. The fraction of sp³-hybridized carbons (Fsp3) is 0.643. The van der Waals surface area contributed by atoms with Crippen molar-refractivity contribution in [3.8, 4) is 0 Å². The Morgan fingerprint density at radius 3 is 2.55 bits per heavy atom. The van der Waals surface area contributed by atoms with Crippen LogP contribution in [0.4, 0.5) is 0 Å². The van der Waals surface area contributed by atoms with E-state index in [0.29, 0.717) is 12.0 Å². The van der Waals surface area contributed by atoms with E-state index in [4.69, 9.17) is 0 Å². The quantitative estimate of drug-likeness (QED) is 0.799. The van der Waals surface area contributed by atoms with E-state index >= 15 is 0 Å². The fourth-order valence-electron chi connectivity index (χ4n) is 2.72. The molecule has 2 aliphatic rings. The van der Waals surface area contributed by atoms with Crippen molar-refractivity contribution in [3.05, 3.63) is 19.2 Å². The highest BCUT2D eigenvalue weighted by atomic mass is 79.9. The molecule has 1 aliphatic heterocycles. The monoisotopic (exact) mass is 420 g/mol. The van der Waals surface area contributed by atoms with Gasteiger partial charge in [0.1, 0.15) is 0 Å². The molecule has 1 N–H and O–H groups in total. The summed E-state index contributed by atoms with van der Waals surface area (Å²) in [4.78, 5) is 15.7. The largest absolute Gasteiger partial charge is 0.335 e. The van der Waals surface area contributed by atoms with Gasteiger partial charge in [-0.3, -0.25) is 4.79 Å². The summed E-state index contributed by atoms with van der Waals surface area (Å²) < 4.78 is 1.97. The topological polar surface area (TPSA) is 32.3 Å². The van der Waals surface area contributed by atoms with E-state index in [2.05, 4.69) is 42.1 Å². The van der Waals surface area contributed by atoms with Crippen LogP contribution in [0.25, 0.3) is 0 Å². The van der Waals surface area contributed by atoms with E-state index in [1.54, 1.807) is 0 Å². The number of carbonyl (C=O) groups is 1. The summed E-state index contributed by atoms with van der Waals surface area (Å²) in [6.07, 6.45) is 4.72. The molecule has 0 aromatic carbocycles. The van der Waals surface area contributed by atoms with Gasteiger partial charge in [-0.05, 0) is 82.6 Å². The second kappa shape index (κ2) is 6.46. The Kier molecular flexibility index (Phi) is 4.85. The van der Waals surface area contributed by atoms with Crippen LogP contribution >= 0.6 is 43.2 Å². The van der Waals surface area contributed by atoms with Crippen molar-refractivity contribution in [1.82, 2.24) is 10.2 Å². The van der Waals surface area contributed by atoms with Gasteiger partial charge in [0.05, 0.1) is 8.66 Å². The van der Waals surface area contributed by atoms with Gasteiger partial charge in [0.25, 0.3) is 5.91 Å². The molecule has 3 nitrogen and oxygen atoms in total. The number of amides is 1. The smallest absolute Gasteiger partial charge is 0.264 e. The normalized spacial score (nSPS) is 20.1. The van der Waals surface area contributed by atoms with Crippen LogP contribution in [0.3, 0.4) is 0 Å². The maximum Gasteiger partial charge on any atom is 0.264 e. The van der Waals surface area contributed by atoms with E-state index in [1.807, 2.05) is 6.07 Å². The van der Waals surface area contributed by atoms with Crippen molar-refractivity contribution in [2.75, 3.05) is 19.6 Å². The van der Waals surface area contributed by atoms with Crippen molar-refractivity contribution >= 4 is 49.1 Å². The summed E-state index contributed by atoms with van der Waals surface area (Å²) in [6.45, 7) is 3.11. The van der Waals surface area contributed by atoms with Gasteiger partial charge in [0, 0.05) is 17.1 Å². The molecule has 1 saturated carbocycles. The number of nitrogens with one attached hydrogen (secondary N) is 1. The van der Waals surface area contributed by atoms with Gasteiger partial charge in [-0.2, -0.15) is 0 Å². The summed E-state index contributed by atoms with van der Waals surface area (Å²) in [5.74, 6) is 0.870. The Morgan fingerprint density at radius 2 is 2.00 bits per heavy atom. The fourth-order valence-corrected chi connectivity index (χ4v) is 4.71. The first kappa shape index (κ1) is 15.0. The zero-order valence-corrected chi connectivity index (χ0v) is 15.2. The lowest BCUT2D eigenvalue weighted by Crippen LogP contribution is -2.40. The van der Waals surface area contributed by atoms with Crippen LogP contribution in [0.2, 0.25) is 0 Å². The van der Waals surface area contributed by atoms with Crippen LogP contribution in [0.15, 0.2) is 14.3 Å². The zero-order chi connectivity index (χ0) is 14.1. The predicted molar refractivity (Wildman–Crippen MR) is 89.4 cm³/mol. The minimum atomic E-state index is 0.211. The van der Waals surface area contributed by atoms with Gasteiger partial charge in [0.2, 0.25) is 0 Å². The Morgan fingerprint density at radius 1 is 1.30 bits per heavy atom. The highest BCUT2D eigenvalue weighted by molar-refractivity contribution is 9.13. The highest BCUT2D eigenvalue weighted by Gasteiger charge is 2.35. The van der Waals surface area contributed by atoms with Crippen molar-refractivity contribution in [3.63, 3.8) is 0 Å². The molecule has 0 spiro atoms. The van der Waals surface area contributed by atoms with Crippen molar-refractivity contribution in [1.29, 1.82) is 0 Å². The van der Waals surface area contributed by atoms with Crippen molar-refractivity contribution in [2.45, 2.75) is 31.7 Å². The van der Waals surface area contributed by atoms with Gasteiger partial charge >= 0.3 is 0 Å². The Hall–Kier alpha value is 0.0900. The number of halogens is 2. The Balaban J connectivity index is 1.71. The third-order valence-electron chi connectivity index (χ3n) is 4.02. The van der Waals surface area contributed by atoms with E-state index < -0.39 is 0 Å². The lowest BCUT2D eigenvalue weighted by Gasteiger charge is -2.30. The molecule has 1 aromatic rings. The van der Waals surface area contributed by atoms with Gasteiger partial charge in [-0.1, -0.05) is 0 Å². The third-order valence-corrected chi connectivity index (χ3v) is 7.26. The van der Waals surface area contributed by atoms with Crippen molar-refractivity contribution in [2.24, 2.45) is 5.92 Å². The minimum Gasteiger partial charge on any atom is -0.335 e. The first-order chi connectivity index (χ1) is 9.65. The van der Waals surface area contributed by atoms with Crippen LogP contribution in [0.1, 0.15) is 35.4 Å². The van der Waals surface area contributed by atoms with Crippen LogP contribution in [0.5, 0.6) is 0 Å². The van der Waals surface area contributed by atoms with Gasteiger partial charge < -0.3 is 10.2 Å². The molecule has 2 fully saturated rings. The summed E-state index contributed by atoms with van der Waals surface area (Å²) in [5, 5.41) is 3.39. The number of thiophene rings is 1. The van der Waals surface area contributed by atoms with E-state index in [1.165, 1.54) is 37.0 Å². The second-order valence-corrected chi connectivity index (χ2v) is 8.84. The molecule has 110 valence electrons. The number of piperidine rings is 1. The molecule has 1 amide bonds. The standard InChI is InChI=1S/C14H18Br2N2OS/c15-11-7-12(20-13(11)16)14(19)18(10-1-2-10)8-9-3-5-17-6-4-9/h7,9-10,17H,1-6,8H2. The maximum absolute atomic E-state index is 12.7. The molecule has 3 rings (SSSR count). The van der Waals surface area contributed by atoms with Crippen LogP contribution in [0, 0.1) is 5.92 Å². The van der Waals surface area contributed by atoms with Crippen LogP contribution < -0.4 is 5.32 Å². The molecular formula is C14H18Br2N2OS. The number of rotatable bonds is 4.